The highest BCUT2D eigenvalue weighted by Gasteiger charge is 2.14. The molecule has 0 saturated carbocycles. The van der Waals surface area contributed by atoms with Gasteiger partial charge >= 0.3 is 0 Å². The standard InChI is InChI=1S/C16H16ClF2N/c1-10-3-5-13(18)7-12(10)9-16(20-2)11-4-6-14(17)15(19)8-11/h3-8,16,20H,9H2,1-2H3. The minimum absolute atomic E-state index is 0.0951. The highest BCUT2D eigenvalue weighted by Crippen LogP contribution is 2.24. The van der Waals surface area contributed by atoms with Crippen molar-refractivity contribution in [2.45, 2.75) is 19.4 Å². The van der Waals surface area contributed by atoms with Crippen LogP contribution in [0.1, 0.15) is 22.7 Å². The summed E-state index contributed by atoms with van der Waals surface area (Å²) in [5.74, 6) is -0.705. The minimum atomic E-state index is -0.444. The Balaban J connectivity index is 2.28. The lowest BCUT2D eigenvalue weighted by molar-refractivity contribution is 0.571. The number of likely N-dealkylation sites (N-methyl/N-ethyl adjacent to an activating group) is 1. The van der Waals surface area contributed by atoms with E-state index in [-0.39, 0.29) is 16.9 Å². The van der Waals surface area contributed by atoms with Crippen molar-refractivity contribution in [2.75, 3.05) is 7.05 Å². The summed E-state index contributed by atoms with van der Waals surface area (Å²) in [6, 6.07) is 9.34. The Labute approximate surface area is 122 Å². The third-order valence-corrected chi connectivity index (χ3v) is 3.74. The number of benzene rings is 2. The molecule has 1 unspecified atom stereocenters. The SMILES string of the molecule is CNC(Cc1cc(F)ccc1C)c1ccc(Cl)c(F)c1. The Morgan fingerprint density at radius 2 is 1.90 bits per heavy atom. The van der Waals surface area contributed by atoms with Crippen LogP contribution in [-0.2, 0) is 6.42 Å². The average Bonchev–Trinajstić information content (AvgIpc) is 2.43. The van der Waals surface area contributed by atoms with Gasteiger partial charge in [-0.1, -0.05) is 23.7 Å². The fourth-order valence-corrected chi connectivity index (χ4v) is 2.31. The van der Waals surface area contributed by atoms with Crippen molar-refractivity contribution >= 4 is 11.6 Å². The maximum absolute atomic E-state index is 13.5. The van der Waals surface area contributed by atoms with E-state index in [2.05, 4.69) is 5.32 Å². The quantitative estimate of drug-likeness (QED) is 0.880. The van der Waals surface area contributed by atoms with Gasteiger partial charge in [0.05, 0.1) is 5.02 Å². The fourth-order valence-electron chi connectivity index (χ4n) is 2.20. The van der Waals surface area contributed by atoms with Gasteiger partial charge in [0.15, 0.2) is 0 Å². The van der Waals surface area contributed by atoms with Crippen LogP contribution in [0.5, 0.6) is 0 Å². The van der Waals surface area contributed by atoms with Crippen molar-refractivity contribution in [1.82, 2.24) is 5.32 Å². The first-order valence-corrected chi connectivity index (χ1v) is 6.76. The van der Waals surface area contributed by atoms with Gasteiger partial charge in [-0.25, -0.2) is 8.78 Å². The molecule has 20 heavy (non-hydrogen) atoms. The lowest BCUT2D eigenvalue weighted by Gasteiger charge is -2.18. The first-order valence-electron chi connectivity index (χ1n) is 6.38. The van der Waals surface area contributed by atoms with Crippen LogP contribution < -0.4 is 5.32 Å². The summed E-state index contributed by atoms with van der Waals surface area (Å²) in [5, 5.41) is 3.23. The Morgan fingerprint density at radius 3 is 2.55 bits per heavy atom. The van der Waals surface area contributed by atoms with E-state index in [1.54, 1.807) is 19.2 Å². The maximum atomic E-state index is 13.5. The number of aryl methyl sites for hydroxylation is 1. The zero-order valence-electron chi connectivity index (χ0n) is 11.4. The Hall–Kier alpha value is -1.45. The van der Waals surface area contributed by atoms with Crippen molar-refractivity contribution in [2.24, 2.45) is 0 Å². The molecule has 0 amide bonds. The first kappa shape index (κ1) is 14.9. The zero-order chi connectivity index (χ0) is 14.7. The van der Waals surface area contributed by atoms with Crippen LogP contribution in [0.3, 0.4) is 0 Å². The van der Waals surface area contributed by atoms with Crippen LogP contribution >= 0.6 is 11.6 Å². The Kier molecular flexibility index (Phi) is 4.73. The van der Waals surface area contributed by atoms with E-state index in [1.807, 2.05) is 6.92 Å². The average molecular weight is 296 g/mol. The molecule has 1 nitrogen and oxygen atoms in total. The van der Waals surface area contributed by atoms with Gasteiger partial charge in [-0.2, -0.15) is 0 Å². The van der Waals surface area contributed by atoms with Crippen molar-refractivity contribution in [3.05, 3.63) is 69.7 Å². The van der Waals surface area contributed by atoms with E-state index < -0.39 is 5.82 Å². The molecular formula is C16H16ClF2N. The molecule has 1 atom stereocenters. The molecule has 0 heterocycles. The van der Waals surface area contributed by atoms with Crippen LogP contribution in [0, 0.1) is 18.6 Å². The number of hydrogen-bond donors (Lipinski definition) is 1. The van der Waals surface area contributed by atoms with Crippen LogP contribution in [-0.4, -0.2) is 7.05 Å². The third kappa shape index (κ3) is 3.35. The molecule has 0 radical (unpaired) electrons. The molecule has 106 valence electrons. The van der Waals surface area contributed by atoms with Crippen LogP contribution in [0.2, 0.25) is 5.02 Å². The third-order valence-electron chi connectivity index (χ3n) is 3.43. The normalized spacial score (nSPS) is 12.4. The molecule has 2 aromatic carbocycles. The summed E-state index contributed by atoms with van der Waals surface area (Å²) in [6.45, 7) is 1.93. The predicted octanol–water partition coefficient (Wildman–Crippen LogP) is 4.43. The van der Waals surface area contributed by atoms with Gasteiger partial charge in [-0.05, 0) is 61.3 Å². The van der Waals surface area contributed by atoms with E-state index in [1.165, 1.54) is 24.3 Å². The van der Waals surface area contributed by atoms with Crippen molar-refractivity contribution in [1.29, 1.82) is 0 Å². The smallest absolute Gasteiger partial charge is 0.142 e. The second-order valence-electron chi connectivity index (χ2n) is 4.79. The molecule has 0 spiro atoms. The fraction of sp³-hybridized carbons (Fsp3) is 0.250. The molecular weight excluding hydrogens is 280 g/mol. The number of halogens is 3. The molecule has 4 heteroatoms. The molecule has 0 aliphatic rings. The van der Waals surface area contributed by atoms with Gasteiger partial charge in [-0.3, -0.25) is 0 Å². The molecule has 0 aliphatic carbocycles. The van der Waals surface area contributed by atoms with E-state index in [0.717, 1.165) is 16.7 Å². The lowest BCUT2D eigenvalue weighted by Crippen LogP contribution is -2.19. The molecule has 0 bridgehead atoms. The second-order valence-corrected chi connectivity index (χ2v) is 5.20. The Bertz CT molecular complexity index is 613. The van der Waals surface area contributed by atoms with Gasteiger partial charge in [0.2, 0.25) is 0 Å². The van der Waals surface area contributed by atoms with E-state index in [4.69, 9.17) is 11.6 Å². The van der Waals surface area contributed by atoms with Crippen LogP contribution in [0.4, 0.5) is 8.78 Å². The maximum Gasteiger partial charge on any atom is 0.142 e. The van der Waals surface area contributed by atoms with Crippen molar-refractivity contribution in [3.63, 3.8) is 0 Å². The van der Waals surface area contributed by atoms with Gasteiger partial charge < -0.3 is 5.32 Å². The summed E-state index contributed by atoms with van der Waals surface area (Å²) >= 11 is 5.69. The van der Waals surface area contributed by atoms with Gasteiger partial charge in [0.1, 0.15) is 11.6 Å². The molecule has 2 aromatic rings. The molecule has 0 aliphatic heterocycles. The number of rotatable bonds is 4. The van der Waals surface area contributed by atoms with Crippen LogP contribution in [0.25, 0.3) is 0 Å². The summed E-state index contributed by atoms with van der Waals surface area (Å²) < 4.78 is 26.9. The molecule has 0 saturated heterocycles. The molecule has 0 aromatic heterocycles. The topological polar surface area (TPSA) is 12.0 Å². The minimum Gasteiger partial charge on any atom is -0.313 e. The Morgan fingerprint density at radius 1 is 1.15 bits per heavy atom. The van der Waals surface area contributed by atoms with Gasteiger partial charge in [-0.15, -0.1) is 0 Å². The monoisotopic (exact) mass is 295 g/mol. The number of hydrogen-bond acceptors (Lipinski definition) is 1. The van der Waals surface area contributed by atoms with Gasteiger partial charge in [0, 0.05) is 6.04 Å². The van der Waals surface area contributed by atoms with E-state index in [9.17, 15) is 8.78 Å². The summed E-state index contributed by atoms with van der Waals surface area (Å²) in [4.78, 5) is 0. The summed E-state index contributed by atoms with van der Waals surface area (Å²) in [5.41, 5.74) is 2.71. The summed E-state index contributed by atoms with van der Waals surface area (Å²) in [6.07, 6.45) is 0.584. The lowest BCUT2D eigenvalue weighted by atomic mass is 9.96. The van der Waals surface area contributed by atoms with Gasteiger partial charge in [0.25, 0.3) is 0 Å². The zero-order valence-corrected chi connectivity index (χ0v) is 12.1. The largest absolute Gasteiger partial charge is 0.313 e. The van der Waals surface area contributed by atoms with Crippen molar-refractivity contribution in [3.8, 4) is 0 Å². The number of nitrogens with one attached hydrogen (secondary N) is 1. The van der Waals surface area contributed by atoms with Crippen molar-refractivity contribution < 1.29 is 8.78 Å². The highest BCUT2D eigenvalue weighted by atomic mass is 35.5. The van der Waals surface area contributed by atoms with Crippen LogP contribution in [0.15, 0.2) is 36.4 Å². The van der Waals surface area contributed by atoms with E-state index >= 15 is 0 Å². The molecule has 1 N–H and O–H groups in total. The predicted molar refractivity (Wildman–Crippen MR) is 78.1 cm³/mol. The highest BCUT2D eigenvalue weighted by molar-refractivity contribution is 6.30. The first-order chi connectivity index (χ1) is 9.51. The van der Waals surface area contributed by atoms with E-state index in [0.29, 0.717) is 6.42 Å². The molecule has 0 fully saturated rings. The second kappa shape index (κ2) is 6.33. The summed E-state index contributed by atoms with van der Waals surface area (Å²) in [7, 11) is 1.80. The molecule has 2 rings (SSSR count).